The van der Waals surface area contributed by atoms with Gasteiger partial charge in [0.15, 0.2) is 5.78 Å². The molecule has 0 saturated carbocycles. The fourth-order valence-corrected chi connectivity index (χ4v) is 2.92. The molecule has 0 fully saturated rings. The lowest BCUT2D eigenvalue weighted by molar-refractivity contribution is -0.145. The van der Waals surface area contributed by atoms with Crippen molar-refractivity contribution in [2.45, 2.75) is 72.1 Å². The van der Waals surface area contributed by atoms with Crippen LogP contribution in [-0.4, -0.2) is 49.3 Å². The van der Waals surface area contributed by atoms with Gasteiger partial charge in [-0.25, -0.2) is 0 Å². The second-order valence-electron chi connectivity index (χ2n) is 9.08. The molecule has 0 saturated heterocycles. The zero-order chi connectivity index (χ0) is 22.6. The number of ether oxygens (including phenoxy) is 3. The van der Waals surface area contributed by atoms with Crippen LogP contribution in [-0.2, 0) is 30.4 Å². The minimum Gasteiger partial charge on any atom is -0.461 e. The Morgan fingerprint density at radius 1 is 1.00 bits per heavy atom. The number of rotatable bonds is 14. The summed E-state index contributed by atoms with van der Waals surface area (Å²) in [6, 6.07) is 9.55. The Hall–Kier alpha value is -1.76. The Kier molecular flexibility index (Phi) is 11.2. The predicted molar refractivity (Wildman–Crippen MR) is 118 cm³/mol. The molecule has 1 N–H and O–H groups in total. The number of hydrogen-bond acceptors (Lipinski definition) is 6. The fourth-order valence-electron chi connectivity index (χ4n) is 2.92. The average Bonchev–Trinajstić information content (AvgIpc) is 2.69. The van der Waals surface area contributed by atoms with Crippen LogP contribution < -0.4 is 5.32 Å². The van der Waals surface area contributed by atoms with Gasteiger partial charge in [0.1, 0.15) is 6.61 Å². The lowest BCUT2D eigenvalue weighted by Gasteiger charge is -2.28. The van der Waals surface area contributed by atoms with Gasteiger partial charge in [-0.3, -0.25) is 9.59 Å². The lowest BCUT2D eigenvalue weighted by atomic mass is 9.87. The Morgan fingerprint density at radius 3 is 2.30 bits per heavy atom. The highest BCUT2D eigenvalue weighted by molar-refractivity contribution is 5.89. The van der Waals surface area contributed by atoms with Crippen LogP contribution in [0.2, 0.25) is 0 Å². The topological polar surface area (TPSA) is 73.9 Å². The third-order valence-corrected chi connectivity index (χ3v) is 4.66. The number of benzene rings is 1. The summed E-state index contributed by atoms with van der Waals surface area (Å²) in [5, 5.41) is 3.25. The Morgan fingerprint density at radius 2 is 1.67 bits per heavy atom. The number of hydrogen-bond donors (Lipinski definition) is 1. The standard InChI is InChI=1S/C24H39NO5/c1-19(12-13-21(26)29-18-20-10-8-7-9-11-20)22(27)24(5,6)25-14-15-28-16-17-30-23(2,3)4/h7-11,19,25H,12-18H2,1-6H3/t19-/m1/s1. The van der Waals surface area contributed by atoms with Gasteiger partial charge < -0.3 is 19.5 Å². The number of nitrogens with one attached hydrogen (secondary N) is 1. The van der Waals surface area contributed by atoms with Gasteiger partial charge >= 0.3 is 5.97 Å². The molecule has 1 rings (SSSR count). The maximum Gasteiger partial charge on any atom is 0.306 e. The first-order valence-electron chi connectivity index (χ1n) is 10.7. The molecule has 1 aromatic rings. The molecule has 30 heavy (non-hydrogen) atoms. The summed E-state index contributed by atoms with van der Waals surface area (Å²) in [5.74, 6) is -0.442. The Labute approximate surface area is 181 Å². The summed E-state index contributed by atoms with van der Waals surface area (Å²) in [5.41, 5.74) is 0.103. The summed E-state index contributed by atoms with van der Waals surface area (Å²) >= 11 is 0. The van der Waals surface area contributed by atoms with Crippen molar-refractivity contribution in [3.8, 4) is 0 Å². The van der Waals surface area contributed by atoms with Gasteiger partial charge in [-0.15, -0.1) is 0 Å². The van der Waals surface area contributed by atoms with Crippen LogP contribution in [0.5, 0.6) is 0 Å². The van der Waals surface area contributed by atoms with E-state index in [-0.39, 0.29) is 36.3 Å². The predicted octanol–water partition coefficient (Wildman–Crippen LogP) is 3.92. The van der Waals surface area contributed by atoms with E-state index in [0.717, 1.165) is 5.56 Å². The van der Waals surface area contributed by atoms with Crippen LogP contribution in [0.15, 0.2) is 30.3 Å². The van der Waals surface area contributed by atoms with Gasteiger partial charge in [-0.2, -0.15) is 0 Å². The summed E-state index contributed by atoms with van der Waals surface area (Å²) in [6.07, 6.45) is 0.699. The molecule has 0 aliphatic rings. The van der Waals surface area contributed by atoms with Crippen LogP contribution in [0.25, 0.3) is 0 Å². The second-order valence-corrected chi connectivity index (χ2v) is 9.08. The summed E-state index contributed by atoms with van der Waals surface area (Å²) in [6.45, 7) is 14.0. The third kappa shape index (κ3) is 11.4. The van der Waals surface area contributed by atoms with Crippen molar-refractivity contribution in [1.29, 1.82) is 0 Å². The van der Waals surface area contributed by atoms with E-state index in [0.29, 0.717) is 32.8 Å². The molecule has 0 unspecified atom stereocenters. The molecule has 0 heterocycles. The van der Waals surface area contributed by atoms with Crippen LogP contribution in [0.1, 0.15) is 59.9 Å². The zero-order valence-corrected chi connectivity index (χ0v) is 19.5. The molecule has 0 aliphatic heterocycles. The van der Waals surface area contributed by atoms with Crippen LogP contribution in [0.4, 0.5) is 0 Å². The normalized spacial score (nSPS) is 13.1. The van der Waals surface area contributed by atoms with Gasteiger partial charge in [0.05, 0.1) is 31.0 Å². The maximum absolute atomic E-state index is 12.8. The van der Waals surface area contributed by atoms with E-state index in [1.54, 1.807) is 0 Å². The highest BCUT2D eigenvalue weighted by Gasteiger charge is 2.30. The number of carbonyl (C=O) groups is 2. The van der Waals surface area contributed by atoms with E-state index < -0.39 is 5.54 Å². The molecule has 1 aromatic carbocycles. The number of esters is 1. The molecule has 6 nitrogen and oxygen atoms in total. The maximum atomic E-state index is 12.8. The molecule has 170 valence electrons. The highest BCUT2D eigenvalue weighted by Crippen LogP contribution is 2.17. The van der Waals surface area contributed by atoms with Gasteiger partial charge in [0.2, 0.25) is 0 Å². The van der Waals surface area contributed by atoms with Crippen LogP contribution in [0, 0.1) is 5.92 Å². The second kappa shape index (κ2) is 12.8. The van der Waals surface area contributed by atoms with E-state index in [4.69, 9.17) is 14.2 Å². The molecule has 0 amide bonds. The van der Waals surface area contributed by atoms with E-state index in [2.05, 4.69) is 5.32 Å². The molecule has 0 bridgehead atoms. The van der Waals surface area contributed by atoms with E-state index in [1.165, 1.54) is 0 Å². The highest BCUT2D eigenvalue weighted by atomic mass is 16.5. The fraction of sp³-hybridized carbons (Fsp3) is 0.667. The number of carbonyl (C=O) groups excluding carboxylic acids is 2. The first kappa shape index (κ1) is 26.3. The average molecular weight is 422 g/mol. The van der Waals surface area contributed by atoms with E-state index >= 15 is 0 Å². The van der Waals surface area contributed by atoms with Gasteiger partial charge in [-0.05, 0) is 46.6 Å². The summed E-state index contributed by atoms with van der Waals surface area (Å²) < 4.78 is 16.4. The molecule has 0 aromatic heterocycles. The first-order chi connectivity index (χ1) is 14.0. The van der Waals surface area contributed by atoms with Gasteiger partial charge in [0.25, 0.3) is 0 Å². The van der Waals surface area contributed by atoms with Crippen molar-refractivity contribution in [2.24, 2.45) is 5.92 Å². The Balaban J connectivity index is 2.23. The van der Waals surface area contributed by atoms with Crippen molar-refractivity contribution >= 4 is 11.8 Å². The largest absolute Gasteiger partial charge is 0.461 e. The monoisotopic (exact) mass is 421 g/mol. The van der Waals surface area contributed by atoms with Crippen molar-refractivity contribution < 1.29 is 23.8 Å². The quantitative estimate of drug-likeness (QED) is 0.363. The molecule has 0 aliphatic carbocycles. The first-order valence-corrected chi connectivity index (χ1v) is 10.7. The van der Waals surface area contributed by atoms with Crippen molar-refractivity contribution in [3.05, 3.63) is 35.9 Å². The van der Waals surface area contributed by atoms with Crippen LogP contribution >= 0.6 is 0 Å². The van der Waals surface area contributed by atoms with Crippen molar-refractivity contribution in [2.75, 3.05) is 26.4 Å². The molecule has 0 spiro atoms. The SMILES string of the molecule is C[C@H](CCC(=O)OCc1ccccc1)C(=O)C(C)(C)NCCOCCOC(C)(C)C. The van der Waals surface area contributed by atoms with Crippen molar-refractivity contribution in [3.63, 3.8) is 0 Å². The minimum absolute atomic E-state index is 0.0782. The van der Waals surface area contributed by atoms with E-state index in [1.807, 2.05) is 71.9 Å². The molecule has 1 atom stereocenters. The summed E-state index contributed by atoms with van der Waals surface area (Å²) in [4.78, 5) is 24.7. The third-order valence-electron chi connectivity index (χ3n) is 4.66. The molecule has 0 radical (unpaired) electrons. The molecular formula is C24H39NO5. The Bertz CT molecular complexity index is 637. The zero-order valence-electron chi connectivity index (χ0n) is 19.5. The smallest absolute Gasteiger partial charge is 0.306 e. The number of Topliss-reactive ketones (excluding diaryl/α,β-unsaturated/α-hetero) is 1. The summed E-state index contributed by atoms with van der Waals surface area (Å²) in [7, 11) is 0. The van der Waals surface area contributed by atoms with Crippen LogP contribution in [0.3, 0.4) is 0 Å². The van der Waals surface area contributed by atoms with Crippen molar-refractivity contribution in [1.82, 2.24) is 5.32 Å². The molecular weight excluding hydrogens is 382 g/mol. The lowest BCUT2D eigenvalue weighted by Crippen LogP contribution is -2.50. The van der Waals surface area contributed by atoms with E-state index in [9.17, 15) is 9.59 Å². The number of ketones is 1. The molecule has 6 heteroatoms. The minimum atomic E-state index is -0.682. The van der Waals surface area contributed by atoms with Gasteiger partial charge in [0, 0.05) is 18.9 Å². The van der Waals surface area contributed by atoms with Gasteiger partial charge in [-0.1, -0.05) is 37.3 Å².